The van der Waals surface area contributed by atoms with E-state index in [1.807, 2.05) is 19.1 Å². The second-order valence-corrected chi connectivity index (χ2v) is 8.00. The number of fused-ring (bicyclic) bond motifs is 1. The van der Waals surface area contributed by atoms with E-state index in [0.717, 1.165) is 16.7 Å². The first-order chi connectivity index (χ1) is 12.7. The van der Waals surface area contributed by atoms with Crippen molar-refractivity contribution in [1.29, 1.82) is 0 Å². The fourth-order valence-electron chi connectivity index (χ4n) is 3.03. The van der Waals surface area contributed by atoms with Gasteiger partial charge in [0.05, 0.1) is 26.9 Å². The number of carbonyl (C=O) groups excluding carboxylic acids is 1. The Labute approximate surface area is 168 Å². The van der Waals surface area contributed by atoms with Gasteiger partial charge >= 0.3 is 0 Å². The molecule has 1 amide bonds. The van der Waals surface area contributed by atoms with Crippen LogP contribution >= 0.6 is 23.2 Å². The van der Waals surface area contributed by atoms with Crippen LogP contribution in [0.3, 0.4) is 0 Å². The average Bonchev–Trinajstić information content (AvgIpc) is 2.88. The molecule has 27 heavy (non-hydrogen) atoms. The minimum atomic E-state index is -0.761. The predicted molar refractivity (Wildman–Crippen MR) is 110 cm³/mol. The van der Waals surface area contributed by atoms with Crippen LogP contribution in [0, 0.1) is 6.92 Å². The number of hydrogen-bond acceptors (Lipinski definition) is 3. The number of furan rings is 1. The average molecular weight is 406 g/mol. The minimum Gasteiger partial charge on any atom is -0.459 e. The van der Waals surface area contributed by atoms with Crippen LogP contribution in [0.5, 0.6) is 0 Å². The Kier molecular flexibility index (Phi) is 5.52. The van der Waals surface area contributed by atoms with Crippen LogP contribution in [-0.4, -0.2) is 16.6 Å². The van der Waals surface area contributed by atoms with Gasteiger partial charge in [-0.3, -0.25) is 4.79 Å². The van der Waals surface area contributed by atoms with Crippen LogP contribution in [0.2, 0.25) is 10.0 Å². The second kappa shape index (κ2) is 7.55. The molecule has 0 aliphatic carbocycles. The zero-order valence-corrected chi connectivity index (χ0v) is 16.9. The van der Waals surface area contributed by atoms with Crippen molar-refractivity contribution in [3.63, 3.8) is 0 Å². The molecule has 0 saturated carbocycles. The molecule has 0 bridgehead atoms. The van der Waals surface area contributed by atoms with Gasteiger partial charge in [0.15, 0.2) is 5.58 Å². The van der Waals surface area contributed by atoms with Gasteiger partial charge in [-0.2, -0.15) is 0 Å². The molecular formula is C21H21Cl2NO3. The van der Waals surface area contributed by atoms with Gasteiger partial charge in [-0.05, 0) is 51.8 Å². The van der Waals surface area contributed by atoms with Crippen LogP contribution in [0.15, 0.2) is 40.8 Å². The molecule has 0 aliphatic heterocycles. The standard InChI is InChI=1S/C21H21Cl2NO3/c1-12-13(10-11-21(2,3)26)14-6-4-9-17(19(14)27-12)24-20(25)18-15(22)7-5-8-16(18)23/h4-9,26H,10-11H2,1-3H3,(H,24,25). The summed E-state index contributed by atoms with van der Waals surface area (Å²) < 4.78 is 5.93. The van der Waals surface area contributed by atoms with Gasteiger partial charge in [0.1, 0.15) is 5.76 Å². The number of carbonyl (C=O) groups is 1. The van der Waals surface area contributed by atoms with Crippen molar-refractivity contribution in [3.05, 3.63) is 63.3 Å². The highest BCUT2D eigenvalue weighted by molar-refractivity contribution is 6.40. The van der Waals surface area contributed by atoms with E-state index < -0.39 is 11.5 Å². The van der Waals surface area contributed by atoms with E-state index in [1.165, 1.54) is 0 Å². The minimum absolute atomic E-state index is 0.225. The van der Waals surface area contributed by atoms with Crippen LogP contribution in [0.1, 0.15) is 41.9 Å². The number of aryl methyl sites for hydroxylation is 2. The molecule has 1 heterocycles. The van der Waals surface area contributed by atoms with Gasteiger partial charge in [0.25, 0.3) is 5.91 Å². The maximum absolute atomic E-state index is 12.7. The SMILES string of the molecule is Cc1oc2c(NC(=O)c3c(Cl)cccc3Cl)cccc2c1CCC(C)(C)O. The topological polar surface area (TPSA) is 62.5 Å². The normalized spacial score (nSPS) is 11.8. The number of hydrogen-bond donors (Lipinski definition) is 2. The number of anilines is 1. The molecule has 0 fully saturated rings. The number of benzene rings is 2. The molecule has 0 radical (unpaired) electrons. The second-order valence-electron chi connectivity index (χ2n) is 7.18. The molecule has 2 N–H and O–H groups in total. The highest BCUT2D eigenvalue weighted by atomic mass is 35.5. The van der Waals surface area contributed by atoms with Crippen molar-refractivity contribution < 1.29 is 14.3 Å². The van der Waals surface area contributed by atoms with Crippen molar-refractivity contribution >= 4 is 45.8 Å². The Bertz CT molecular complexity index is 982. The number of aliphatic hydroxyl groups is 1. The molecule has 2 aromatic carbocycles. The van der Waals surface area contributed by atoms with Crippen molar-refractivity contribution in [2.24, 2.45) is 0 Å². The molecule has 0 atom stereocenters. The van der Waals surface area contributed by atoms with Gasteiger partial charge in [-0.15, -0.1) is 0 Å². The zero-order valence-electron chi connectivity index (χ0n) is 15.4. The molecule has 3 aromatic rings. The Morgan fingerprint density at radius 3 is 2.41 bits per heavy atom. The summed E-state index contributed by atoms with van der Waals surface area (Å²) in [4.78, 5) is 12.7. The molecule has 0 saturated heterocycles. The Morgan fingerprint density at radius 2 is 1.78 bits per heavy atom. The predicted octanol–water partition coefficient (Wildman–Crippen LogP) is 6.00. The van der Waals surface area contributed by atoms with Crippen LogP contribution in [0.25, 0.3) is 11.0 Å². The Hall–Kier alpha value is -2.01. The maximum atomic E-state index is 12.7. The highest BCUT2D eigenvalue weighted by Gasteiger charge is 2.20. The highest BCUT2D eigenvalue weighted by Crippen LogP contribution is 2.34. The van der Waals surface area contributed by atoms with Gasteiger partial charge in [0, 0.05) is 10.9 Å². The summed E-state index contributed by atoms with van der Waals surface area (Å²) >= 11 is 12.3. The summed E-state index contributed by atoms with van der Waals surface area (Å²) in [6.45, 7) is 5.45. The largest absolute Gasteiger partial charge is 0.459 e. The van der Waals surface area contributed by atoms with Gasteiger partial charge in [-0.1, -0.05) is 41.4 Å². The molecular weight excluding hydrogens is 385 g/mol. The molecule has 3 rings (SSSR count). The van der Waals surface area contributed by atoms with E-state index in [-0.39, 0.29) is 15.6 Å². The monoisotopic (exact) mass is 405 g/mol. The summed E-state index contributed by atoms with van der Waals surface area (Å²) in [5, 5.41) is 14.4. The Morgan fingerprint density at radius 1 is 1.15 bits per heavy atom. The van der Waals surface area contributed by atoms with E-state index >= 15 is 0 Å². The number of rotatable bonds is 5. The third kappa shape index (κ3) is 4.29. The summed E-state index contributed by atoms with van der Waals surface area (Å²) in [6, 6.07) is 10.5. The summed E-state index contributed by atoms with van der Waals surface area (Å²) in [5.74, 6) is 0.372. The Balaban J connectivity index is 1.95. The van der Waals surface area contributed by atoms with E-state index in [9.17, 15) is 9.90 Å². The first-order valence-electron chi connectivity index (χ1n) is 8.66. The quantitative estimate of drug-likeness (QED) is 0.546. The first-order valence-corrected chi connectivity index (χ1v) is 9.42. The summed E-state index contributed by atoms with van der Waals surface area (Å²) in [6.07, 6.45) is 1.28. The van der Waals surface area contributed by atoms with E-state index in [2.05, 4.69) is 5.32 Å². The fraction of sp³-hybridized carbons (Fsp3) is 0.286. The van der Waals surface area contributed by atoms with E-state index in [0.29, 0.717) is 24.1 Å². The third-order valence-corrected chi connectivity index (χ3v) is 5.08. The number of amides is 1. The molecule has 0 aliphatic rings. The van der Waals surface area contributed by atoms with Crippen LogP contribution in [-0.2, 0) is 6.42 Å². The lowest BCUT2D eigenvalue weighted by Crippen LogP contribution is -2.19. The van der Waals surface area contributed by atoms with Crippen molar-refractivity contribution in [3.8, 4) is 0 Å². The van der Waals surface area contributed by atoms with Crippen molar-refractivity contribution in [2.75, 3.05) is 5.32 Å². The lowest BCUT2D eigenvalue weighted by molar-refractivity contribution is 0.0714. The zero-order chi connectivity index (χ0) is 19.8. The molecule has 0 spiro atoms. The maximum Gasteiger partial charge on any atom is 0.258 e. The van der Waals surface area contributed by atoms with Crippen LogP contribution < -0.4 is 5.32 Å². The molecule has 4 nitrogen and oxygen atoms in total. The van der Waals surface area contributed by atoms with E-state index in [1.54, 1.807) is 38.1 Å². The van der Waals surface area contributed by atoms with Crippen LogP contribution in [0.4, 0.5) is 5.69 Å². The number of nitrogens with one attached hydrogen (secondary N) is 1. The molecule has 6 heteroatoms. The van der Waals surface area contributed by atoms with Gasteiger partial charge in [0.2, 0.25) is 0 Å². The summed E-state index contributed by atoms with van der Waals surface area (Å²) in [7, 11) is 0. The van der Waals surface area contributed by atoms with Crippen molar-refractivity contribution in [1.82, 2.24) is 0 Å². The number of halogens is 2. The first kappa shape index (κ1) is 19.7. The van der Waals surface area contributed by atoms with Crippen molar-refractivity contribution in [2.45, 2.75) is 39.2 Å². The smallest absolute Gasteiger partial charge is 0.258 e. The summed E-state index contributed by atoms with van der Waals surface area (Å²) in [5.41, 5.74) is 1.63. The molecule has 0 unspecified atom stereocenters. The van der Waals surface area contributed by atoms with Gasteiger partial charge < -0.3 is 14.8 Å². The van der Waals surface area contributed by atoms with E-state index in [4.69, 9.17) is 27.6 Å². The lowest BCUT2D eigenvalue weighted by atomic mass is 9.97. The molecule has 1 aromatic heterocycles. The lowest BCUT2D eigenvalue weighted by Gasteiger charge is -2.16. The fourth-order valence-corrected chi connectivity index (χ4v) is 3.60. The number of para-hydroxylation sites is 1. The third-order valence-electron chi connectivity index (χ3n) is 4.45. The molecule has 142 valence electrons. The van der Waals surface area contributed by atoms with Gasteiger partial charge in [-0.25, -0.2) is 0 Å².